The van der Waals surface area contributed by atoms with Gasteiger partial charge in [-0.05, 0) is 31.6 Å². The van der Waals surface area contributed by atoms with Crippen molar-refractivity contribution >= 4 is 11.4 Å². The predicted molar refractivity (Wildman–Crippen MR) is 69.7 cm³/mol. The molecule has 0 amide bonds. The predicted octanol–water partition coefficient (Wildman–Crippen LogP) is 2.88. The summed E-state index contributed by atoms with van der Waals surface area (Å²) >= 11 is 0. The Morgan fingerprint density at radius 3 is 2.50 bits per heavy atom. The number of nitrogens with zero attached hydrogens (tertiary/aromatic N) is 1. The standard InChI is InChI=1S/C12H16F3N3O2/c1-8(6-16-2)7-17-9-3-4-11(18(19)20)10(5-9)12(13,14)15/h3-5,8,16-17H,6-7H2,1-2H3. The third kappa shape index (κ3) is 4.37. The van der Waals surface area contributed by atoms with Crippen molar-refractivity contribution in [1.82, 2.24) is 5.32 Å². The first-order valence-electron chi connectivity index (χ1n) is 5.99. The summed E-state index contributed by atoms with van der Waals surface area (Å²) in [5, 5.41) is 16.4. The number of anilines is 1. The normalized spacial score (nSPS) is 13.1. The van der Waals surface area contributed by atoms with Gasteiger partial charge in [-0.15, -0.1) is 0 Å². The summed E-state index contributed by atoms with van der Waals surface area (Å²) in [5.74, 6) is 0.213. The molecule has 1 rings (SSSR count). The summed E-state index contributed by atoms with van der Waals surface area (Å²) in [4.78, 5) is 9.58. The molecule has 0 bridgehead atoms. The summed E-state index contributed by atoms with van der Waals surface area (Å²) in [6, 6.07) is 2.91. The highest BCUT2D eigenvalue weighted by Gasteiger charge is 2.38. The Morgan fingerprint density at radius 2 is 2.00 bits per heavy atom. The van der Waals surface area contributed by atoms with Gasteiger partial charge in [-0.2, -0.15) is 13.2 Å². The van der Waals surface area contributed by atoms with Crippen LogP contribution < -0.4 is 10.6 Å². The van der Waals surface area contributed by atoms with Gasteiger partial charge in [-0.25, -0.2) is 0 Å². The number of halogens is 3. The molecule has 0 saturated carbocycles. The van der Waals surface area contributed by atoms with Crippen molar-refractivity contribution in [3.63, 3.8) is 0 Å². The summed E-state index contributed by atoms with van der Waals surface area (Å²) in [5.41, 5.74) is -1.97. The third-order valence-electron chi connectivity index (χ3n) is 2.71. The molecule has 8 heteroatoms. The maximum absolute atomic E-state index is 12.8. The van der Waals surface area contributed by atoms with Gasteiger partial charge in [0.15, 0.2) is 0 Å². The number of hydrogen-bond donors (Lipinski definition) is 2. The molecule has 1 aromatic carbocycles. The molecular weight excluding hydrogens is 275 g/mol. The van der Waals surface area contributed by atoms with E-state index in [9.17, 15) is 23.3 Å². The number of nitro groups is 1. The number of nitro benzene ring substituents is 1. The van der Waals surface area contributed by atoms with E-state index in [1.165, 1.54) is 6.07 Å². The van der Waals surface area contributed by atoms with Crippen LogP contribution in [0.15, 0.2) is 18.2 Å². The van der Waals surface area contributed by atoms with Gasteiger partial charge in [0.25, 0.3) is 5.69 Å². The molecule has 0 heterocycles. The SMILES string of the molecule is CNCC(C)CNc1ccc([N+](=O)[O-])c(C(F)(F)F)c1. The minimum Gasteiger partial charge on any atom is -0.385 e. The fourth-order valence-corrected chi connectivity index (χ4v) is 1.74. The zero-order chi connectivity index (χ0) is 15.3. The van der Waals surface area contributed by atoms with Gasteiger partial charge in [0.2, 0.25) is 0 Å². The van der Waals surface area contributed by atoms with E-state index in [1.807, 2.05) is 6.92 Å². The van der Waals surface area contributed by atoms with Gasteiger partial charge in [-0.1, -0.05) is 6.92 Å². The number of hydrogen-bond acceptors (Lipinski definition) is 4. The molecule has 0 aliphatic carbocycles. The zero-order valence-corrected chi connectivity index (χ0v) is 11.1. The quantitative estimate of drug-likeness (QED) is 0.624. The molecule has 0 radical (unpaired) electrons. The second-order valence-corrected chi connectivity index (χ2v) is 4.53. The summed E-state index contributed by atoms with van der Waals surface area (Å²) < 4.78 is 38.3. The fraction of sp³-hybridized carbons (Fsp3) is 0.500. The van der Waals surface area contributed by atoms with Gasteiger partial charge in [0.05, 0.1) is 4.92 Å². The molecule has 2 N–H and O–H groups in total. The molecule has 1 atom stereocenters. The van der Waals surface area contributed by atoms with Crippen LogP contribution in [-0.4, -0.2) is 25.1 Å². The zero-order valence-electron chi connectivity index (χ0n) is 11.1. The average molecular weight is 291 g/mol. The Labute approximate surface area is 114 Å². The molecule has 1 unspecified atom stereocenters. The molecule has 0 saturated heterocycles. The molecule has 0 fully saturated rings. The number of benzene rings is 1. The number of rotatable bonds is 6. The lowest BCUT2D eigenvalue weighted by atomic mass is 10.1. The second-order valence-electron chi connectivity index (χ2n) is 4.53. The van der Waals surface area contributed by atoms with E-state index < -0.39 is 22.4 Å². The lowest BCUT2D eigenvalue weighted by Gasteiger charge is -2.14. The summed E-state index contributed by atoms with van der Waals surface area (Å²) in [7, 11) is 1.78. The van der Waals surface area contributed by atoms with Crippen molar-refractivity contribution in [2.45, 2.75) is 13.1 Å². The van der Waals surface area contributed by atoms with Crippen LogP contribution in [0, 0.1) is 16.0 Å². The van der Waals surface area contributed by atoms with E-state index >= 15 is 0 Å². The Bertz CT molecular complexity index is 478. The van der Waals surface area contributed by atoms with E-state index in [2.05, 4.69) is 10.6 Å². The Balaban J connectivity index is 2.93. The molecule has 5 nitrogen and oxygen atoms in total. The van der Waals surface area contributed by atoms with Crippen LogP contribution in [0.5, 0.6) is 0 Å². The molecule has 1 aromatic rings. The van der Waals surface area contributed by atoms with E-state index in [4.69, 9.17) is 0 Å². The number of nitrogens with one attached hydrogen (secondary N) is 2. The highest BCUT2D eigenvalue weighted by molar-refractivity contribution is 5.55. The highest BCUT2D eigenvalue weighted by atomic mass is 19.4. The number of alkyl halides is 3. The Kier molecular flexibility index (Phi) is 5.32. The maximum atomic E-state index is 12.8. The molecule has 0 aliphatic rings. The van der Waals surface area contributed by atoms with E-state index in [-0.39, 0.29) is 11.6 Å². The summed E-state index contributed by atoms with van der Waals surface area (Å²) in [6.07, 6.45) is -4.75. The maximum Gasteiger partial charge on any atom is 0.423 e. The van der Waals surface area contributed by atoms with Crippen molar-refractivity contribution in [3.05, 3.63) is 33.9 Å². The first-order chi connectivity index (χ1) is 9.25. The molecular formula is C12H16F3N3O2. The fourth-order valence-electron chi connectivity index (χ4n) is 1.74. The first kappa shape index (κ1) is 16.2. The van der Waals surface area contributed by atoms with Crippen LogP contribution in [0.25, 0.3) is 0 Å². The molecule has 0 spiro atoms. The minimum atomic E-state index is -4.75. The minimum absolute atomic E-state index is 0.213. The van der Waals surface area contributed by atoms with Gasteiger partial charge >= 0.3 is 6.18 Å². The van der Waals surface area contributed by atoms with Gasteiger partial charge in [0, 0.05) is 18.3 Å². The second kappa shape index (κ2) is 6.56. The van der Waals surface area contributed by atoms with Crippen molar-refractivity contribution in [3.8, 4) is 0 Å². The van der Waals surface area contributed by atoms with Gasteiger partial charge < -0.3 is 10.6 Å². The monoisotopic (exact) mass is 291 g/mol. The molecule has 0 aliphatic heterocycles. The van der Waals surface area contributed by atoms with Crippen LogP contribution in [0.2, 0.25) is 0 Å². The van der Waals surface area contributed by atoms with Crippen LogP contribution in [0.4, 0.5) is 24.5 Å². The van der Waals surface area contributed by atoms with Gasteiger partial charge in [-0.3, -0.25) is 10.1 Å². The highest BCUT2D eigenvalue weighted by Crippen LogP contribution is 2.37. The van der Waals surface area contributed by atoms with Crippen LogP contribution in [-0.2, 0) is 6.18 Å². The molecule has 20 heavy (non-hydrogen) atoms. The Hall–Kier alpha value is -1.83. The average Bonchev–Trinajstić information content (AvgIpc) is 2.35. The van der Waals surface area contributed by atoms with Crippen molar-refractivity contribution in [2.24, 2.45) is 5.92 Å². The molecule has 0 aromatic heterocycles. The van der Waals surface area contributed by atoms with Crippen LogP contribution in [0.1, 0.15) is 12.5 Å². The van der Waals surface area contributed by atoms with E-state index in [0.717, 1.165) is 12.1 Å². The lowest BCUT2D eigenvalue weighted by molar-refractivity contribution is -0.388. The first-order valence-corrected chi connectivity index (χ1v) is 5.99. The molecule has 112 valence electrons. The van der Waals surface area contributed by atoms with Crippen molar-refractivity contribution in [2.75, 3.05) is 25.5 Å². The van der Waals surface area contributed by atoms with Gasteiger partial charge in [0.1, 0.15) is 5.56 Å². The van der Waals surface area contributed by atoms with E-state index in [0.29, 0.717) is 13.1 Å². The third-order valence-corrected chi connectivity index (χ3v) is 2.71. The van der Waals surface area contributed by atoms with Crippen LogP contribution in [0.3, 0.4) is 0 Å². The van der Waals surface area contributed by atoms with Crippen molar-refractivity contribution < 1.29 is 18.1 Å². The van der Waals surface area contributed by atoms with E-state index in [1.54, 1.807) is 7.05 Å². The Morgan fingerprint density at radius 1 is 1.35 bits per heavy atom. The summed E-state index contributed by atoms with van der Waals surface area (Å²) in [6.45, 7) is 3.11. The van der Waals surface area contributed by atoms with Crippen LogP contribution >= 0.6 is 0 Å². The van der Waals surface area contributed by atoms with Crippen molar-refractivity contribution in [1.29, 1.82) is 0 Å². The lowest BCUT2D eigenvalue weighted by Crippen LogP contribution is -2.23. The topological polar surface area (TPSA) is 67.2 Å². The largest absolute Gasteiger partial charge is 0.423 e. The smallest absolute Gasteiger partial charge is 0.385 e.